The van der Waals surface area contributed by atoms with Gasteiger partial charge in [0.05, 0.1) is 5.92 Å². The molecule has 28 heavy (non-hydrogen) atoms. The lowest BCUT2D eigenvalue weighted by atomic mass is 10.1. The Morgan fingerprint density at radius 3 is 2.54 bits per heavy atom. The molecule has 3 rings (SSSR count). The summed E-state index contributed by atoms with van der Waals surface area (Å²) in [6.07, 6.45) is 0.131. The number of anilines is 2. The highest BCUT2D eigenvalue weighted by Crippen LogP contribution is 2.26. The SMILES string of the molecule is Cc1ccc(C)c(NC(=O)COc2ccc(N3C[C@@H](C(N)=O)CC3=O)cc2)c1. The van der Waals surface area contributed by atoms with Crippen molar-refractivity contribution in [2.45, 2.75) is 20.3 Å². The number of aryl methyl sites for hydroxylation is 2. The van der Waals surface area contributed by atoms with E-state index in [2.05, 4.69) is 5.32 Å². The molecule has 1 aliphatic rings. The largest absolute Gasteiger partial charge is 0.484 e. The average Bonchev–Trinajstić information content (AvgIpc) is 3.05. The van der Waals surface area contributed by atoms with Gasteiger partial charge >= 0.3 is 0 Å². The zero-order chi connectivity index (χ0) is 20.3. The van der Waals surface area contributed by atoms with E-state index in [9.17, 15) is 14.4 Å². The predicted octanol–water partition coefficient (Wildman–Crippen LogP) is 2.16. The van der Waals surface area contributed by atoms with Crippen LogP contribution in [0.25, 0.3) is 0 Å². The standard InChI is InChI=1S/C21H23N3O4/c1-13-3-4-14(2)18(9-13)23-19(25)12-28-17-7-5-16(6-8-17)24-11-15(21(22)27)10-20(24)26/h3-9,15H,10-12H2,1-2H3,(H2,22,27)(H,23,25)/t15-/m0/s1. The van der Waals surface area contributed by atoms with Crippen LogP contribution in [0.15, 0.2) is 42.5 Å². The highest BCUT2D eigenvalue weighted by Gasteiger charge is 2.33. The second-order valence-electron chi connectivity index (χ2n) is 6.96. The van der Waals surface area contributed by atoms with Crippen LogP contribution < -0.4 is 20.7 Å². The topological polar surface area (TPSA) is 102 Å². The third-order valence-corrected chi connectivity index (χ3v) is 4.71. The zero-order valence-electron chi connectivity index (χ0n) is 15.9. The van der Waals surface area contributed by atoms with Crippen molar-refractivity contribution < 1.29 is 19.1 Å². The van der Waals surface area contributed by atoms with Gasteiger partial charge in [0.1, 0.15) is 5.75 Å². The molecule has 3 N–H and O–H groups in total. The second-order valence-corrected chi connectivity index (χ2v) is 6.96. The quantitative estimate of drug-likeness (QED) is 0.800. The molecule has 0 aromatic heterocycles. The number of carbonyl (C=O) groups is 3. The van der Waals surface area contributed by atoms with Gasteiger partial charge in [-0.2, -0.15) is 0 Å². The summed E-state index contributed by atoms with van der Waals surface area (Å²) in [6.45, 7) is 4.05. The van der Waals surface area contributed by atoms with Gasteiger partial charge in [0.25, 0.3) is 5.91 Å². The Labute approximate surface area is 163 Å². The molecular weight excluding hydrogens is 358 g/mol. The second kappa shape index (κ2) is 8.12. The summed E-state index contributed by atoms with van der Waals surface area (Å²) < 4.78 is 5.52. The lowest BCUT2D eigenvalue weighted by molar-refractivity contribution is -0.123. The van der Waals surface area contributed by atoms with E-state index in [0.717, 1.165) is 16.8 Å². The molecule has 3 amide bonds. The Balaban J connectivity index is 1.56. The first-order chi connectivity index (χ1) is 13.3. The smallest absolute Gasteiger partial charge is 0.262 e. The molecule has 0 unspecified atom stereocenters. The number of rotatable bonds is 6. The maximum absolute atomic E-state index is 12.1. The molecule has 7 heteroatoms. The first-order valence-electron chi connectivity index (χ1n) is 9.03. The monoisotopic (exact) mass is 381 g/mol. The van der Waals surface area contributed by atoms with Gasteiger partial charge in [0.15, 0.2) is 6.61 Å². The van der Waals surface area contributed by atoms with Crippen LogP contribution in [-0.2, 0) is 14.4 Å². The number of nitrogens with zero attached hydrogens (tertiary/aromatic N) is 1. The van der Waals surface area contributed by atoms with E-state index >= 15 is 0 Å². The number of nitrogens with two attached hydrogens (primary N) is 1. The number of hydrogen-bond donors (Lipinski definition) is 2. The molecule has 1 atom stereocenters. The third-order valence-electron chi connectivity index (χ3n) is 4.71. The number of benzene rings is 2. The molecule has 2 aromatic rings. The summed E-state index contributed by atoms with van der Waals surface area (Å²) in [5, 5.41) is 2.84. The van der Waals surface area contributed by atoms with Crippen LogP contribution >= 0.6 is 0 Å². The average molecular weight is 381 g/mol. The Morgan fingerprint density at radius 2 is 1.89 bits per heavy atom. The van der Waals surface area contributed by atoms with Crippen molar-refractivity contribution in [2.75, 3.05) is 23.4 Å². The molecule has 1 saturated heterocycles. The first-order valence-corrected chi connectivity index (χ1v) is 9.03. The van der Waals surface area contributed by atoms with Crippen LogP contribution in [0, 0.1) is 19.8 Å². The van der Waals surface area contributed by atoms with Gasteiger partial charge in [-0.15, -0.1) is 0 Å². The molecule has 1 fully saturated rings. The van der Waals surface area contributed by atoms with Gasteiger partial charge in [-0.05, 0) is 55.3 Å². The van der Waals surface area contributed by atoms with Crippen LogP contribution in [0.3, 0.4) is 0 Å². The molecule has 1 heterocycles. The van der Waals surface area contributed by atoms with Gasteiger partial charge in [0.2, 0.25) is 11.8 Å². The van der Waals surface area contributed by atoms with Crippen molar-refractivity contribution in [1.82, 2.24) is 0 Å². The van der Waals surface area contributed by atoms with Crippen LogP contribution in [0.5, 0.6) is 5.75 Å². The van der Waals surface area contributed by atoms with Crippen molar-refractivity contribution in [3.63, 3.8) is 0 Å². The van der Waals surface area contributed by atoms with Gasteiger partial charge in [-0.3, -0.25) is 14.4 Å². The van der Waals surface area contributed by atoms with E-state index in [4.69, 9.17) is 10.5 Å². The van der Waals surface area contributed by atoms with Crippen molar-refractivity contribution in [3.8, 4) is 5.75 Å². The molecule has 1 aliphatic heterocycles. The van der Waals surface area contributed by atoms with E-state index in [0.29, 0.717) is 11.4 Å². The number of ether oxygens (including phenoxy) is 1. The Morgan fingerprint density at radius 1 is 1.18 bits per heavy atom. The summed E-state index contributed by atoms with van der Waals surface area (Å²) in [5.41, 5.74) is 8.76. The molecule has 146 valence electrons. The Kier molecular flexibility index (Phi) is 5.63. The zero-order valence-corrected chi connectivity index (χ0v) is 15.9. The lowest BCUT2D eigenvalue weighted by Crippen LogP contribution is -2.28. The summed E-state index contributed by atoms with van der Waals surface area (Å²) in [4.78, 5) is 37.0. The fraction of sp³-hybridized carbons (Fsp3) is 0.286. The fourth-order valence-electron chi connectivity index (χ4n) is 3.08. The Bertz CT molecular complexity index is 908. The van der Waals surface area contributed by atoms with E-state index in [1.54, 1.807) is 24.3 Å². The highest BCUT2D eigenvalue weighted by atomic mass is 16.5. The number of primary amides is 1. The minimum atomic E-state index is -0.467. The van der Waals surface area contributed by atoms with E-state index < -0.39 is 11.8 Å². The van der Waals surface area contributed by atoms with Crippen LogP contribution in [0.1, 0.15) is 17.5 Å². The maximum Gasteiger partial charge on any atom is 0.262 e. The minimum absolute atomic E-state index is 0.126. The molecule has 0 radical (unpaired) electrons. The van der Waals surface area contributed by atoms with Crippen molar-refractivity contribution in [2.24, 2.45) is 11.7 Å². The summed E-state index contributed by atoms with van der Waals surface area (Å²) >= 11 is 0. The van der Waals surface area contributed by atoms with E-state index in [1.165, 1.54) is 4.90 Å². The number of amides is 3. The molecule has 0 saturated carbocycles. The van der Waals surface area contributed by atoms with Crippen LogP contribution in [-0.4, -0.2) is 30.9 Å². The fourth-order valence-corrected chi connectivity index (χ4v) is 3.08. The van der Waals surface area contributed by atoms with Crippen LogP contribution in [0.4, 0.5) is 11.4 Å². The summed E-state index contributed by atoms with van der Waals surface area (Å²) in [7, 11) is 0. The van der Waals surface area contributed by atoms with E-state index in [1.807, 2.05) is 32.0 Å². The Hall–Kier alpha value is -3.35. The molecular formula is C21H23N3O4. The number of carbonyl (C=O) groups excluding carboxylic acids is 3. The predicted molar refractivity (Wildman–Crippen MR) is 106 cm³/mol. The molecule has 2 aromatic carbocycles. The maximum atomic E-state index is 12.1. The van der Waals surface area contributed by atoms with Gasteiger partial charge in [-0.25, -0.2) is 0 Å². The van der Waals surface area contributed by atoms with E-state index in [-0.39, 0.29) is 31.4 Å². The first kappa shape index (κ1) is 19.4. The number of hydrogen-bond acceptors (Lipinski definition) is 4. The van der Waals surface area contributed by atoms with Crippen molar-refractivity contribution in [3.05, 3.63) is 53.6 Å². The lowest BCUT2D eigenvalue weighted by Gasteiger charge is -2.17. The molecule has 0 aliphatic carbocycles. The van der Waals surface area contributed by atoms with Gasteiger partial charge in [-0.1, -0.05) is 12.1 Å². The molecule has 7 nitrogen and oxygen atoms in total. The van der Waals surface area contributed by atoms with Crippen LogP contribution in [0.2, 0.25) is 0 Å². The number of nitrogens with one attached hydrogen (secondary N) is 1. The van der Waals surface area contributed by atoms with Gasteiger partial charge < -0.3 is 20.7 Å². The highest BCUT2D eigenvalue weighted by molar-refractivity contribution is 6.00. The summed E-state index contributed by atoms with van der Waals surface area (Å²) in [6, 6.07) is 12.7. The molecule has 0 spiro atoms. The molecule has 0 bridgehead atoms. The normalized spacial score (nSPS) is 16.1. The summed E-state index contributed by atoms with van der Waals surface area (Å²) in [5.74, 6) is -0.803. The van der Waals surface area contributed by atoms with Crippen molar-refractivity contribution in [1.29, 1.82) is 0 Å². The third kappa shape index (κ3) is 4.49. The minimum Gasteiger partial charge on any atom is -0.484 e. The van der Waals surface area contributed by atoms with Crippen molar-refractivity contribution >= 4 is 29.1 Å². The van der Waals surface area contributed by atoms with Gasteiger partial charge in [0, 0.05) is 24.3 Å².